The first-order chi connectivity index (χ1) is 7.25. The van der Waals surface area contributed by atoms with Crippen LogP contribution in [0.4, 0.5) is 5.82 Å². The lowest BCUT2D eigenvalue weighted by molar-refractivity contribution is 0.785. The van der Waals surface area contributed by atoms with E-state index in [0.717, 1.165) is 11.6 Å². The molecule has 0 saturated carbocycles. The highest BCUT2D eigenvalue weighted by Crippen LogP contribution is 2.12. The predicted octanol–water partition coefficient (Wildman–Crippen LogP) is 0.471. The molecule has 0 aliphatic heterocycles. The van der Waals surface area contributed by atoms with Crippen molar-refractivity contribution in [1.82, 2.24) is 30.6 Å². The highest BCUT2D eigenvalue weighted by atomic mass is 15.5. The summed E-state index contributed by atoms with van der Waals surface area (Å²) in [5.74, 6) is 2.08. The third kappa shape index (κ3) is 2.25. The van der Waals surface area contributed by atoms with Crippen LogP contribution in [0.15, 0.2) is 12.3 Å². The van der Waals surface area contributed by atoms with Crippen LogP contribution in [0.25, 0.3) is 0 Å². The fraction of sp³-hybridized carbons (Fsp3) is 0.375. The molecular weight excluding hydrogens is 194 g/mol. The van der Waals surface area contributed by atoms with Gasteiger partial charge in [0.1, 0.15) is 11.6 Å². The summed E-state index contributed by atoms with van der Waals surface area (Å²) in [4.78, 5) is 8.22. The Bertz CT molecular complexity index is 424. The van der Waals surface area contributed by atoms with Gasteiger partial charge in [0.25, 0.3) is 0 Å². The van der Waals surface area contributed by atoms with Crippen molar-refractivity contribution >= 4 is 5.82 Å². The van der Waals surface area contributed by atoms with Gasteiger partial charge >= 0.3 is 0 Å². The largest absolute Gasteiger partial charge is 0.360 e. The molecule has 78 valence electrons. The molecule has 0 bridgehead atoms. The lowest BCUT2D eigenvalue weighted by Gasteiger charge is -2.10. The zero-order valence-corrected chi connectivity index (χ0v) is 8.47. The maximum atomic E-state index is 4.21. The van der Waals surface area contributed by atoms with E-state index in [4.69, 9.17) is 0 Å². The number of nitrogens with zero attached hydrogens (tertiary/aromatic N) is 5. The molecule has 2 rings (SSSR count). The van der Waals surface area contributed by atoms with E-state index in [1.165, 1.54) is 0 Å². The molecule has 1 atom stereocenters. The number of rotatable bonds is 3. The van der Waals surface area contributed by atoms with Crippen LogP contribution < -0.4 is 5.32 Å². The fourth-order valence-electron chi connectivity index (χ4n) is 1.18. The lowest BCUT2D eigenvalue weighted by atomic mass is 10.3. The molecule has 2 heterocycles. The number of hydrogen-bond donors (Lipinski definition) is 2. The van der Waals surface area contributed by atoms with Crippen molar-refractivity contribution in [3.8, 4) is 0 Å². The molecule has 15 heavy (non-hydrogen) atoms. The van der Waals surface area contributed by atoms with Crippen LogP contribution in [0, 0.1) is 6.92 Å². The summed E-state index contributed by atoms with van der Waals surface area (Å²) in [5, 5.41) is 16.8. The predicted molar refractivity (Wildman–Crippen MR) is 53.0 cm³/mol. The molecule has 0 fully saturated rings. The molecule has 0 aliphatic carbocycles. The molecule has 1 unspecified atom stereocenters. The van der Waals surface area contributed by atoms with E-state index in [-0.39, 0.29) is 6.04 Å². The van der Waals surface area contributed by atoms with Gasteiger partial charge in [-0.05, 0) is 19.9 Å². The van der Waals surface area contributed by atoms with Gasteiger partial charge in [0.05, 0.1) is 6.04 Å². The quantitative estimate of drug-likeness (QED) is 0.756. The van der Waals surface area contributed by atoms with Crippen molar-refractivity contribution in [3.05, 3.63) is 23.9 Å². The third-order valence-corrected chi connectivity index (χ3v) is 1.89. The monoisotopic (exact) mass is 205 g/mol. The minimum absolute atomic E-state index is 0.0435. The zero-order chi connectivity index (χ0) is 10.7. The van der Waals surface area contributed by atoms with Gasteiger partial charge in [-0.15, -0.1) is 10.2 Å². The van der Waals surface area contributed by atoms with E-state index in [9.17, 15) is 0 Å². The summed E-state index contributed by atoms with van der Waals surface area (Å²) in [6, 6.07) is 1.75. The standard InChI is InChI=1S/C8H11N7/c1-5(8-12-14-15-13-8)10-7-3-4-9-6(2)11-7/h3-5H,1-2H3,(H,9,10,11)(H,12,13,14,15). The zero-order valence-electron chi connectivity index (χ0n) is 8.47. The summed E-state index contributed by atoms with van der Waals surface area (Å²) in [6.07, 6.45) is 1.70. The van der Waals surface area contributed by atoms with Crippen LogP contribution in [0.1, 0.15) is 24.6 Å². The lowest BCUT2D eigenvalue weighted by Crippen LogP contribution is -2.10. The average molecular weight is 205 g/mol. The van der Waals surface area contributed by atoms with E-state index < -0.39 is 0 Å². The maximum absolute atomic E-state index is 4.21. The number of hydrogen-bond acceptors (Lipinski definition) is 6. The summed E-state index contributed by atoms with van der Waals surface area (Å²) in [7, 11) is 0. The summed E-state index contributed by atoms with van der Waals surface area (Å²) in [5.41, 5.74) is 0. The van der Waals surface area contributed by atoms with Crippen LogP contribution in [-0.4, -0.2) is 30.6 Å². The highest BCUT2D eigenvalue weighted by molar-refractivity contribution is 5.34. The van der Waals surface area contributed by atoms with Crippen molar-refractivity contribution in [3.63, 3.8) is 0 Å². The Morgan fingerprint density at radius 3 is 3.00 bits per heavy atom. The van der Waals surface area contributed by atoms with E-state index in [1.807, 2.05) is 13.8 Å². The second-order valence-corrected chi connectivity index (χ2v) is 3.13. The molecule has 0 amide bonds. The molecule has 0 aromatic carbocycles. The Labute approximate surface area is 86.3 Å². The van der Waals surface area contributed by atoms with E-state index in [0.29, 0.717) is 5.82 Å². The van der Waals surface area contributed by atoms with Gasteiger partial charge in [-0.3, -0.25) is 0 Å². The molecule has 7 nitrogen and oxygen atoms in total. The van der Waals surface area contributed by atoms with Gasteiger partial charge < -0.3 is 5.32 Å². The number of aromatic amines is 1. The van der Waals surface area contributed by atoms with Crippen molar-refractivity contribution in [1.29, 1.82) is 0 Å². The number of nitrogens with one attached hydrogen (secondary N) is 2. The number of tetrazole rings is 1. The van der Waals surface area contributed by atoms with Gasteiger partial charge in [0.15, 0.2) is 5.82 Å². The van der Waals surface area contributed by atoms with Gasteiger partial charge in [-0.1, -0.05) is 5.21 Å². The summed E-state index contributed by atoms with van der Waals surface area (Å²) in [6.45, 7) is 3.77. The fourth-order valence-corrected chi connectivity index (χ4v) is 1.18. The van der Waals surface area contributed by atoms with Crippen LogP contribution in [-0.2, 0) is 0 Å². The first-order valence-corrected chi connectivity index (χ1v) is 4.55. The van der Waals surface area contributed by atoms with Crippen molar-refractivity contribution < 1.29 is 0 Å². The van der Waals surface area contributed by atoms with Crippen molar-refractivity contribution in [2.24, 2.45) is 0 Å². The minimum Gasteiger partial charge on any atom is -0.360 e. The normalized spacial score (nSPS) is 12.4. The SMILES string of the molecule is Cc1nccc(NC(C)c2nn[nH]n2)n1. The van der Waals surface area contributed by atoms with E-state index in [2.05, 4.69) is 35.9 Å². The van der Waals surface area contributed by atoms with Gasteiger partial charge in [0.2, 0.25) is 0 Å². The van der Waals surface area contributed by atoms with Gasteiger partial charge in [-0.2, -0.15) is 5.21 Å². The molecular formula is C8H11N7. The van der Waals surface area contributed by atoms with Crippen molar-refractivity contribution in [2.45, 2.75) is 19.9 Å². The first kappa shape index (κ1) is 9.50. The van der Waals surface area contributed by atoms with Crippen LogP contribution in [0.2, 0.25) is 0 Å². The topological polar surface area (TPSA) is 92.3 Å². The molecule has 0 aliphatic rings. The Balaban J connectivity index is 2.09. The maximum Gasteiger partial charge on any atom is 0.196 e. The molecule has 2 aromatic heterocycles. The average Bonchev–Trinajstić information content (AvgIpc) is 2.70. The van der Waals surface area contributed by atoms with E-state index >= 15 is 0 Å². The molecule has 0 saturated heterocycles. The third-order valence-electron chi connectivity index (χ3n) is 1.89. The number of anilines is 1. The second kappa shape index (κ2) is 3.99. The summed E-state index contributed by atoms with van der Waals surface area (Å²) < 4.78 is 0. The molecule has 0 spiro atoms. The first-order valence-electron chi connectivity index (χ1n) is 4.55. The Kier molecular flexibility index (Phi) is 2.53. The number of aryl methyl sites for hydroxylation is 1. The molecule has 2 aromatic rings. The van der Waals surface area contributed by atoms with Crippen molar-refractivity contribution in [2.75, 3.05) is 5.32 Å². The Morgan fingerprint density at radius 1 is 1.47 bits per heavy atom. The molecule has 7 heteroatoms. The smallest absolute Gasteiger partial charge is 0.196 e. The summed E-state index contributed by atoms with van der Waals surface area (Å²) >= 11 is 0. The number of aromatic nitrogens is 6. The number of H-pyrrole nitrogens is 1. The molecule has 2 N–H and O–H groups in total. The van der Waals surface area contributed by atoms with Crippen LogP contribution in [0.3, 0.4) is 0 Å². The van der Waals surface area contributed by atoms with E-state index in [1.54, 1.807) is 12.3 Å². The Morgan fingerprint density at radius 2 is 2.33 bits per heavy atom. The van der Waals surface area contributed by atoms with Gasteiger partial charge in [-0.25, -0.2) is 9.97 Å². The van der Waals surface area contributed by atoms with Crippen LogP contribution >= 0.6 is 0 Å². The highest BCUT2D eigenvalue weighted by Gasteiger charge is 2.10. The second-order valence-electron chi connectivity index (χ2n) is 3.13. The molecule has 0 radical (unpaired) electrons. The van der Waals surface area contributed by atoms with Crippen LogP contribution in [0.5, 0.6) is 0 Å². The Hall–Kier alpha value is -2.05. The van der Waals surface area contributed by atoms with Gasteiger partial charge in [0, 0.05) is 6.20 Å². The minimum atomic E-state index is -0.0435.